The van der Waals surface area contributed by atoms with Gasteiger partial charge in [0, 0.05) is 13.5 Å². The van der Waals surface area contributed by atoms with Gasteiger partial charge in [0.05, 0.1) is 12.6 Å². The molecule has 0 spiro atoms. The van der Waals surface area contributed by atoms with Crippen molar-refractivity contribution in [3.05, 3.63) is 29.8 Å². The van der Waals surface area contributed by atoms with Crippen LogP contribution in [-0.2, 0) is 4.79 Å². The van der Waals surface area contributed by atoms with Gasteiger partial charge in [0.2, 0.25) is 5.91 Å². The zero-order chi connectivity index (χ0) is 14.3. The fraction of sp³-hybridized carbons (Fsp3) is 0.400. The van der Waals surface area contributed by atoms with Gasteiger partial charge in [-0.15, -0.1) is 12.3 Å². The summed E-state index contributed by atoms with van der Waals surface area (Å²) in [6.45, 7) is 2.90. The van der Waals surface area contributed by atoms with E-state index >= 15 is 0 Å². The quantitative estimate of drug-likeness (QED) is 0.782. The number of rotatable bonds is 6. The smallest absolute Gasteiger partial charge is 0.240 e. The number of ether oxygens (including phenoxy) is 1. The molecule has 2 N–H and O–H groups in total. The van der Waals surface area contributed by atoms with Crippen molar-refractivity contribution in [2.75, 3.05) is 20.2 Å². The van der Waals surface area contributed by atoms with Gasteiger partial charge in [-0.3, -0.25) is 4.79 Å². The summed E-state index contributed by atoms with van der Waals surface area (Å²) < 4.78 is 5.57. The fourth-order valence-electron chi connectivity index (χ4n) is 1.61. The number of carbonyl (C=O) groups is 1. The molecule has 1 aromatic carbocycles. The molecule has 0 aromatic heterocycles. The fourth-order valence-corrected chi connectivity index (χ4v) is 1.61. The van der Waals surface area contributed by atoms with Gasteiger partial charge in [-0.25, -0.2) is 0 Å². The highest BCUT2D eigenvalue weighted by molar-refractivity contribution is 5.81. The molecule has 0 bridgehead atoms. The Morgan fingerprint density at radius 1 is 1.58 bits per heavy atom. The van der Waals surface area contributed by atoms with Crippen LogP contribution in [0.25, 0.3) is 0 Å². The molecule has 4 nitrogen and oxygen atoms in total. The highest BCUT2D eigenvalue weighted by atomic mass is 16.5. The standard InChI is InChI=1S/C15H20N2O2/c1-4-6-14(16)15(18)17(3)9-10-19-13-8-5-7-12(2)11-13/h1,5,7-8,11,14H,6,9-10,16H2,2-3H3. The van der Waals surface area contributed by atoms with E-state index in [9.17, 15) is 4.79 Å². The SMILES string of the molecule is C#CCC(N)C(=O)N(C)CCOc1cccc(C)c1. The van der Waals surface area contributed by atoms with Crippen LogP contribution in [0.5, 0.6) is 5.75 Å². The zero-order valence-electron chi connectivity index (χ0n) is 11.4. The van der Waals surface area contributed by atoms with Gasteiger partial charge in [0.25, 0.3) is 0 Å². The third kappa shape index (κ3) is 5.02. The summed E-state index contributed by atoms with van der Waals surface area (Å²) >= 11 is 0. The highest BCUT2D eigenvalue weighted by Crippen LogP contribution is 2.12. The second-order valence-electron chi connectivity index (χ2n) is 4.44. The number of nitrogens with zero attached hydrogens (tertiary/aromatic N) is 1. The number of terminal acetylenes is 1. The number of benzene rings is 1. The molecule has 4 heteroatoms. The Bertz CT molecular complexity index is 465. The van der Waals surface area contributed by atoms with E-state index in [1.54, 1.807) is 7.05 Å². The lowest BCUT2D eigenvalue weighted by Gasteiger charge is -2.20. The van der Waals surface area contributed by atoms with Gasteiger partial charge in [-0.05, 0) is 24.6 Å². The summed E-state index contributed by atoms with van der Waals surface area (Å²) in [4.78, 5) is 13.3. The van der Waals surface area contributed by atoms with Crippen molar-refractivity contribution < 1.29 is 9.53 Å². The first-order chi connectivity index (χ1) is 9.04. The van der Waals surface area contributed by atoms with Crippen molar-refractivity contribution in [3.63, 3.8) is 0 Å². The van der Waals surface area contributed by atoms with Gasteiger partial charge in [-0.2, -0.15) is 0 Å². The Labute approximate surface area is 114 Å². The molecule has 0 heterocycles. The molecule has 1 atom stereocenters. The van der Waals surface area contributed by atoms with E-state index in [1.807, 2.05) is 31.2 Å². The van der Waals surface area contributed by atoms with E-state index in [4.69, 9.17) is 16.9 Å². The zero-order valence-corrected chi connectivity index (χ0v) is 11.4. The van der Waals surface area contributed by atoms with Crippen LogP contribution in [0.2, 0.25) is 0 Å². The average molecular weight is 260 g/mol. The van der Waals surface area contributed by atoms with E-state index in [-0.39, 0.29) is 12.3 Å². The highest BCUT2D eigenvalue weighted by Gasteiger charge is 2.16. The molecule has 0 saturated heterocycles. The molecule has 1 unspecified atom stereocenters. The molecule has 1 amide bonds. The minimum Gasteiger partial charge on any atom is -0.492 e. The second kappa shape index (κ2) is 7.45. The van der Waals surface area contributed by atoms with Crippen LogP contribution in [-0.4, -0.2) is 37.0 Å². The van der Waals surface area contributed by atoms with E-state index < -0.39 is 6.04 Å². The number of nitrogens with two attached hydrogens (primary N) is 1. The molecular formula is C15H20N2O2. The number of hydrogen-bond donors (Lipinski definition) is 1. The van der Waals surface area contributed by atoms with E-state index in [2.05, 4.69) is 5.92 Å². The summed E-state index contributed by atoms with van der Waals surface area (Å²) in [5, 5.41) is 0. The molecule has 1 rings (SSSR count). The first-order valence-corrected chi connectivity index (χ1v) is 6.18. The minimum absolute atomic E-state index is 0.161. The Balaban J connectivity index is 2.37. The van der Waals surface area contributed by atoms with E-state index in [0.717, 1.165) is 11.3 Å². The summed E-state index contributed by atoms with van der Waals surface area (Å²) in [5.41, 5.74) is 6.79. The number of hydrogen-bond acceptors (Lipinski definition) is 3. The van der Waals surface area contributed by atoms with Gasteiger partial charge < -0.3 is 15.4 Å². The molecular weight excluding hydrogens is 240 g/mol. The third-order valence-corrected chi connectivity index (χ3v) is 2.72. The average Bonchev–Trinajstić information content (AvgIpc) is 2.38. The van der Waals surface area contributed by atoms with Crippen LogP contribution in [0.3, 0.4) is 0 Å². The third-order valence-electron chi connectivity index (χ3n) is 2.72. The first kappa shape index (κ1) is 15.1. The predicted octanol–water partition coefficient (Wildman–Crippen LogP) is 1.18. The van der Waals surface area contributed by atoms with Crippen LogP contribution in [0, 0.1) is 19.3 Å². The Morgan fingerprint density at radius 2 is 2.32 bits per heavy atom. The largest absolute Gasteiger partial charge is 0.492 e. The molecule has 1 aromatic rings. The predicted molar refractivity (Wildman–Crippen MR) is 75.7 cm³/mol. The van der Waals surface area contributed by atoms with Crippen molar-refractivity contribution in [3.8, 4) is 18.1 Å². The molecule has 102 valence electrons. The van der Waals surface area contributed by atoms with Crippen LogP contribution in [0.15, 0.2) is 24.3 Å². The Hall–Kier alpha value is -1.99. The Kier molecular flexibility index (Phi) is 5.91. The Morgan fingerprint density at radius 3 is 2.95 bits per heavy atom. The van der Waals surface area contributed by atoms with Crippen molar-refractivity contribution in [1.82, 2.24) is 4.90 Å². The summed E-state index contributed by atoms with van der Waals surface area (Å²) in [6, 6.07) is 7.14. The van der Waals surface area contributed by atoms with Crippen molar-refractivity contribution in [2.24, 2.45) is 5.73 Å². The summed E-state index contributed by atoms with van der Waals surface area (Å²) in [7, 11) is 1.69. The maximum absolute atomic E-state index is 11.8. The molecule has 19 heavy (non-hydrogen) atoms. The maximum Gasteiger partial charge on any atom is 0.240 e. The molecule has 0 radical (unpaired) electrons. The maximum atomic E-state index is 11.8. The molecule has 0 aliphatic heterocycles. The topological polar surface area (TPSA) is 55.6 Å². The molecule has 0 fully saturated rings. The van der Waals surface area contributed by atoms with E-state index in [0.29, 0.717) is 13.2 Å². The number of aryl methyl sites for hydroxylation is 1. The van der Waals surface area contributed by atoms with Crippen molar-refractivity contribution >= 4 is 5.91 Å². The minimum atomic E-state index is -0.631. The lowest BCUT2D eigenvalue weighted by Crippen LogP contribution is -2.43. The normalized spacial score (nSPS) is 11.5. The number of carbonyl (C=O) groups excluding carboxylic acids is 1. The molecule has 0 aliphatic rings. The van der Waals surface area contributed by atoms with Gasteiger partial charge in [0.15, 0.2) is 0 Å². The van der Waals surface area contributed by atoms with Gasteiger partial charge >= 0.3 is 0 Å². The first-order valence-electron chi connectivity index (χ1n) is 6.18. The van der Waals surface area contributed by atoms with Gasteiger partial charge in [0.1, 0.15) is 12.4 Å². The monoisotopic (exact) mass is 260 g/mol. The molecule has 0 saturated carbocycles. The number of likely N-dealkylation sites (N-methyl/N-ethyl adjacent to an activating group) is 1. The van der Waals surface area contributed by atoms with Crippen molar-refractivity contribution in [1.29, 1.82) is 0 Å². The lowest BCUT2D eigenvalue weighted by atomic mass is 10.2. The van der Waals surface area contributed by atoms with Crippen LogP contribution < -0.4 is 10.5 Å². The number of amides is 1. The molecule has 0 aliphatic carbocycles. The van der Waals surface area contributed by atoms with Crippen LogP contribution in [0.1, 0.15) is 12.0 Å². The second-order valence-corrected chi connectivity index (χ2v) is 4.44. The summed E-state index contributed by atoms with van der Waals surface area (Å²) in [5.74, 6) is 3.03. The summed E-state index contributed by atoms with van der Waals surface area (Å²) in [6.07, 6.45) is 5.38. The van der Waals surface area contributed by atoms with Crippen molar-refractivity contribution in [2.45, 2.75) is 19.4 Å². The van der Waals surface area contributed by atoms with Gasteiger partial charge in [-0.1, -0.05) is 12.1 Å². The van der Waals surface area contributed by atoms with Crippen LogP contribution in [0.4, 0.5) is 0 Å². The van der Waals surface area contributed by atoms with Crippen LogP contribution >= 0.6 is 0 Å². The lowest BCUT2D eigenvalue weighted by molar-refractivity contribution is -0.131. The van der Waals surface area contributed by atoms with E-state index in [1.165, 1.54) is 4.90 Å².